The molecule has 1 aromatic rings. The molecule has 0 amide bonds. The highest BCUT2D eigenvalue weighted by Crippen LogP contribution is 2.29. The Labute approximate surface area is 94.8 Å². The second kappa shape index (κ2) is 5.68. The van der Waals surface area contributed by atoms with Gasteiger partial charge in [-0.1, -0.05) is 13.8 Å². The Morgan fingerprint density at radius 3 is 2.38 bits per heavy atom. The minimum absolute atomic E-state index is 0.0214. The van der Waals surface area contributed by atoms with Crippen molar-refractivity contribution in [1.82, 2.24) is 0 Å². The molecule has 3 N–H and O–H groups in total. The molecule has 0 saturated carbocycles. The number of anilines is 2. The first-order chi connectivity index (χ1) is 7.58. The minimum atomic E-state index is -2.50. The van der Waals surface area contributed by atoms with Crippen LogP contribution in [0.3, 0.4) is 0 Å². The lowest BCUT2D eigenvalue weighted by atomic mass is 10.1. The minimum Gasteiger partial charge on any atom is -0.399 e. The maximum Gasteiger partial charge on any atom is 0.265 e. The summed E-state index contributed by atoms with van der Waals surface area (Å²) in [6.45, 7) is 4.06. The largest absolute Gasteiger partial charge is 0.399 e. The van der Waals surface area contributed by atoms with Crippen LogP contribution in [0.2, 0.25) is 0 Å². The van der Waals surface area contributed by atoms with Crippen LogP contribution in [0.15, 0.2) is 18.2 Å². The molecule has 0 unspecified atom stereocenters. The van der Waals surface area contributed by atoms with Gasteiger partial charge in [0.05, 0.1) is 0 Å². The van der Waals surface area contributed by atoms with Gasteiger partial charge in [0.25, 0.3) is 6.43 Å². The number of nitrogens with one attached hydrogen (secondary N) is 1. The third-order valence-electron chi connectivity index (χ3n) is 2.66. The van der Waals surface area contributed by atoms with Crippen molar-refractivity contribution >= 4 is 11.4 Å². The Hall–Kier alpha value is -1.32. The Balaban J connectivity index is 2.94. The van der Waals surface area contributed by atoms with Crippen molar-refractivity contribution in [1.29, 1.82) is 0 Å². The van der Waals surface area contributed by atoms with Gasteiger partial charge in [0.2, 0.25) is 0 Å². The van der Waals surface area contributed by atoms with Crippen LogP contribution in [0.4, 0.5) is 20.2 Å². The molecule has 0 spiro atoms. The van der Waals surface area contributed by atoms with E-state index in [1.165, 1.54) is 6.07 Å². The van der Waals surface area contributed by atoms with Crippen molar-refractivity contribution in [2.75, 3.05) is 11.1 Å². The lowest BCUT2D eigenvalue weighted by Crippen LogP contribution is -2.18. The smallest absolute Gasteiger partial charge is 0.265 e. The Bertz CT molecular complexity index is 336. The van der Waals surface area contributed by atoms with Gasteiger partial charge in [-0.25, -0.2) is 8.78 Å². The molecular formula is C12H18F2N2. The van der Waals surface area contributed by atoms with Crippen molar-refractivity contribution < 1.29 is 8.78 Å². The number of nitrogen functional groups attached to an aromatic ring is 1. The Kier molecular flexibility index (Phi) is 4.52. The highest BCUT2D eigenvalue weighted by atomic mass is 19.3. The number of rotatable bonds is 5. The van der Waals surface area contributed by atoms with Gasteiger partial charge in [-0.15, -0.1) is 0 Å². The van der Waals surface area contributed by atoms with Crippen molar-refractivity contribution in [2.45, 2.75) is 39.2 Å². The monoisotopic (exact) mass is 228 g/mol. The summed E-state index contributed by atoms with van der Waals surface area (Å²) < 4.78 is 25.5. The summed E-state index contributed by atoms with van der Waals surface area (Å²) in [6, 6.07) is 4.81. The van der Waals surface area contributed by atoms with Crippen LogP contribution in [0.1, 0.15) is 38.7 Å². The fourth-order valence-corrected chi connectivity index (χ4v) is 1.61. The van der Waals surface area contributed by atoms with Crippen molar-refractivity contribution in [3.63, 3.8) is 0 Å². The zero-order valence-electron chi connectivity index (χ0n) is 9.63. The molecule has 0 saturated heterocycles. The van der Waals surface area contributed by atoms with Gasteiger partial charge >= 0.3 is 0 Å². The third-order valence-corrected chi connectivity index (χ3v) is 2.66. The van der Waals surface area contributed by atoms with Gasteiger partial charge in [0.1, 0.15) is 0 Å². The van der Waals surface area contributed by atoms with Gasteiger partial charge in [-0.3, -0.25) is 0 Å². The molecule has 0 aliphatic rings. The number of hydrogen-bond donors (Lipinski definition) is 2. The van der Waals surface area contributed by atoms with Crippen molar-refractivity contribution in [2.24, 2.45) is 0 Å². The van der Waals surface area contributed by atoms with E-state index in [1.807, 2.05) is 13.8 Å². The van der Waals surface area contributed by atoms with Gasteiger partial charge in [-0.2, -0.15) is 0 Å². The zero-order valence-corrected chi connectivity index (χ0v) is 9.63. The average molecular weight is 228 g/mol. The second-order valence-electron chi connectivity index (χ2n) is 3.81. The van der Waals surface area contributed by atoms with Gasteiger partial charge in [-0.05, 0) is 31.0 Å². The van der Waals surface area contributed by atoms with E-state index in [1.54, 1.807) is 12.1 Å². The van der Waals surface area contributed by atoms with Crippen molar-refractivity contribution in [3.8, 4) is 0 Å². The lowest BCUT2D eigenvalue weighted by molar-refractivity contribution is 0.152. The summed E-state index contributed by atoms with van der Waals surface area (Å²) >= 11 is 0. The second-order valence-corrected chi connectivity index (χ2v) is 3.81. The summed E-state index contributed by atoms with van der Waals surface area (Å²) in [5.74, 6) is 0. The maximum absolute atomic E-state index is 12.8. The molecule has 0 aliphatic carbocycles. The summed E-state index contributed by atoms with van der Waals surface area (Å²) in [5, 5.41) is 3.12. The van der Waals surface area contributed by atoms with Crippen LogP contribution in [0.5, 0.6) is 0 Å². The molecule has 0 bridgehead atoms. The summed E-state index contributed by atoms with van der Waals surface area (Å²) in [6.07, 6.45) is -0.687. The number of halogens is 2. The normalized spacial score (nSPS) is 11.1. The molecule has 0 heterocycles. The van der Waals surface area contributed by atoms with Crippen LogP contribution in [-0.2, 0) is 0 Å². The van der Waals surface area contributed by atoms with E-state index in [2.05, 4.69) is 5.32 Å². The highest BCUT2D eigenvalue weighted by molar-refractivity contribution is 5.59. The van der Waals surface area contributed by atoms with E-state index in [0.717, 1.165) is 12.8 Å². The molecule has 4 heteroatoms. The van der Waals surface area contributed by atoms with E-state index in [9.17, 15) is 8.78 Å². The number of nitrogens with two attached hydrogens (primary N) is 1. The van der Waals surface area contributed by atoms with Crippen LogP contribution in [-0.4, -0.2) is 6.04 Å². The summed E-state index contributed by atoms with van der Waals surface area (Å²) in [4.78, 5) is 0. The Morgan fingerprint density at radius 2 is 1.88 bits per heavy atom. The Morgan fingerprint density at radius 1 is 1.25 bits per heavy atom. The molecule has 0 aliphatic heterocycles. The molecule has 0 radical (unpaired) electrons. The number of alkyl halides is 2. The molecule has 2 nitrogen and oxygen atoms in total. The van der Waals surface area contributed by atoms with E-state index in [4.69, 9.17) is 5.73 Å². The van der Waals surface area contributed by atoms with Crippen LogP contribution in [0.25, 0.3) is 0 Å². The fraction of sp³-hybridized carbons (Fsp3) is 0.500. The van der Waals surface area contributed by atoms with E-state index >= 15 is 0 Å². The molecule has 90 valence electrons. The topological polar surface area (TPSA) is 38.0 Å². The number of hydrogen-bond acceptors (Lipinski definition) is 2. The molecule has 1 rings (SSSR count). The molecule has 0 aromatic heterocycles. The van der Waals surface area contributed by atoms with Gasteiger partial charge < -0.3 is 11.1 Å². The van der Waals surface area contributed by atoms with Crippen LogP contribution < -0.4 is 11.1 Å². The first-order valence-corrected chi connectivity index (χ1v) is 5.52. The highest BCUT2D eigenvalue weighted by Gasteiger charge is 2.15. The molecule has 16 heavy (non-hydrogen) atoms. The first-order valence-electron chi connectivity index (χ1n) is 5.52. The SMILES string of the molecule is CCC(CC)Nc1ccc(N)cc1C(F)F. The maximum atomic E-state index is 12.8. The van der Waals surface area contributed by atoms with E-state index in [0.29, 0.717) is 11.4 Å². The molecule has 1 aromatic carbocycles. The van der Waals surface area contributed by atoms with Gasteiger partial charge in [0.15, 0.2) is 0 Å². The fourth-order valence-electron chi connectivity index (χ4n) is 1.61. The third kappa shape index (κ3) is 3.08. The summed E-state index contributed by atoms with van der Waals surface area (Å²) in [5.41, 5.74) is 6.33. The van der Waals surface area contributed by atoms with E-state index < -0.39 is 6.43 Å². The van der Waals surface area contributed by atoms with Gasteiger partial charge in [0, 0.05) is 23.0 Å². The van der Waals surface area contributed by atoms with E-state index in [-0.39, 0.29) is 11.6 Å². The van der Waals surface area contributed by atoms with Crippen molar-refractivity contribution in [3.05, 3.63) is 23.8 Å². The first kappa shape index (κ1) is 12.7. The quantitative estimate of drug-likeness (QED) is 0.752. The standard InChI is InChI=1S/C12H18F2N2/c1-3-9(4-2)16-11-6-5-8(15)7-10(11)12(13)14/h5-7,9,12,16H,3-4,15H2,1-2H3. The van der Waals surface area contributed by atoms with Crippen LogP contribution in [0, 0.1) is 0 Å². The van der Waals surface area contributed by atoms with Crippen LogP contribution >= 0.6 is 0 Å². The predicted octanol–water partition coefficient (Wildman–Crippen LogP) is 3.81. The predicted molar refractivity (Wildman–Crippen MR) is 63.8 cm³/mol. The number of benzene rings is 1. The lowest BCUT2D eigenvalue weighted by Gasteiger charge is -2.19. The summed E-state index contributed by atoms with van der Waals surface area (Å²) in [7, 11) is 0. The molecule has 0 atom stereocenters. The molecular weight excluding hydrogens is 210 g/mol. The average Bonchev–Trinajstić information content (AvgIpc) is 2.27. The zero-order chi connectivity index (χ0) is 12.1. The molecule has 0 fully saturated rings.